The molecule has 0 radical (unpaired) electrons. The van der Waals surface area contributed by atoms with E-state index in [1.807, 2.05) is 29.7 Å². The number of rotatable bonds is 3. The van der Waals surface area contributed by atoms with Crippen LogP contribution in [0.3, 0.4) is 0 Å². The monoisotopic (exact) mass is 239 g/mol. The van der Waals surface area contributed by atoms with E-state index < -0.39 is 6.04 Å². The van der Waals surface area contributed by atoms with E-state index in [0.29, 0.717) is 10.8 Å². The van der Waals surface area contributed by atoms with Crippen molar-refractivity contribution in [3.05, 3.63) is 29.0 Å². The van der Waals surface area contributed by atoms with Crippen LogP contribution in [0.25, 0.3) is 11.0 Å². The van der Waals surface area contributed by atoms with Gasteiger partial charge in [-0.2, -0.15) is 0 Å². The molecule has 86 valence electrons. The van der Waals surface area contributed by atoms with Crippen LogP contribution in [0.5, 0.6) is 0 Å². The SMILES string of the molecule is CCn1c(C(N)CO)nc2cccc(Cl)c21. The number of aryl methyl sites for hydroxylation is 1. The fourth-order valence-electron chi connectivity index (χ4n) is 1.84. The number of fused-ring (bicyclic) bond motifs is 1. The van der Waals surface area contributed by atoms with Gasteiger partial charge in [-0.25, -0.2) is 4.98 Å². The quantitative estimate of drug-likeness (QED) is 0.857. The lowest BCUT2D eigenvalue weighted by atomic mass is 10.3. The lowest BCUT2D eigenvalue weighted by molar-refractivity contribution is 0.261. The molecule has 3 N–H and O–H groups in total. The van der Waals surface area contributed by atoms with Gasteiger partial charge in [0, 0.05) is 6.54 Å². The largest absolute Gasteiger partial charge is 0.394 e. The van der Waals surface area contributed by atoms with Gasteiger partial charge in [0.25, 0.3) is 0 Å². The third-order valence-corrected chi connectivity index (χ3v) is 2.90. The highest BCUT2D eigenvalue weighted by molar-refractivity contribution is 6.35. The van der Waals surface area contributed by atoms with Crippen molar-refractivity contribution < 1.29 is 5.11 Å². The Morgan fingerprint density at radius 1 is 1.56 bits per heavy atom. The second kappa shape index (κ2) is 4.41. The summed E-state index contributed by atoms with van der Waals surface area (Å²) in [5.41, 5.74) is 7.50. The molecule has 1 aromatic heterocycles. The zero-order valence-electron chi connectivity index (χ0n) is 9.02. The molecule has 0 saturated carbocycles. The van der Waals surface area contributed by atoms with Crippen LogP contribution in [-0.4, -0.2) is 21.3 Å². The van der Waals surface area contributed by atoms with Crippen LogP contribution in [0.15, 0.2) is 18.2 Å². The predicted molar refractivity (Wildman–Crippen MR) is 64.4 cm³/mol. The molecule has 2 rings (SSSR count). The van der Waals surface area contributed by atoms with Crippen molar-refractivity contribution in [2.45, 2.75) is 19.5 Å². The van der Waals surface area contributed by atoms with Crippen LogP contribution in [0.2, 0.25) is 5.02 Å². The average molecular weight is 240 g/mol. The van der Waals surface area contributed by atoms with Crippen LogP contribution in [0.4, 0.5) is 0 Å². The first-order valence-electron chi connectivity index (χ1n) is 5.20. The molecule has 0 bridgehead atoms. The molecule has 0 fully saturated rings. The summed E-state index contributed by atoms with van der Waals surface area (Å²) in [7, 11) is 0. The second-order valence-electron chi connectivity index (χ2n) is 3.61. The van der Waals surface area contributed by atoms with Crippen molar-refractivity contribution in [3.8, 4) is 0 Å². The highest BCUT2D eigenvalue weighted by Gasteiger charge is 2.16. The lowest BCUT2D eigenvalue weighted by Crippen LogP contribution is -2.19. The van der Waals surface area contributed by atoms with Gasteiger partial charge in [0.1, 0.15) is 5.82 Å². The summed E-state index contributed by atoms with van der Waals surface area (Å²) in [4.78, 5) is 4.41. The third kappa shape index (κ3) is 1.69. The van der Waals surface area contributed by atoms with Crippen molar-refractivity contribution >= 4 is 22.6 Å². The zero-order valence-corrected chi connectivity index (χ0v) is 9.78. The summed E-state index contributed by atoms with van der Waals surface area (Å²) in [5.74, 6) is 0.674. The summed E-state index contributed by atoms with van der Waals surface area (Å²) in [6, 6.07) is 5.10. The van der Waals surface area contributed by atoms with Crippen LogP contribution < -0.4 is 5.73 Å². The van der Waals surface area contributed by atoms with E-state index in [1.165, 1.54) is 0 Å². The van der Waals surface area contributed by atoms with Crippen LogP contribution in [-0.2, 0) is 6.54 Å². The maximum absolute atomic E-state index is 9.09. The Bertz CT molecular complexity index is 509. The smallest absolute Gasteiger partial charge is 0.129 e. The molecular weight excluding hydrogens is 226 g/mol. The van der Waals surface area contributed by atoms with Gasteiger partial charge in [-0.05, 0) is 19.1 Å². The average Bonchev–Trinajstić information content (AvgIpc) is 2.68. The van der Waals surface area contributed by atoms with E-state index in [2.05, 4.69) is 4.98 Å². The van der Waals surface area contributed by atoms with Gasteiger partial charge in [-0.15, -0.1) is 0 Å². The van der Waals surface area contributed by atoms with Gasteiger partial charge in [-0.3, -0.25) is 0 Å². The number of hydrogen-bond donors (Lipinski definition) is 2. The number of aliphatic hydroxyl groups excluding tert-OH is 1. The standard InChI is InChI=1S/C11H14ClN3O/c1-2-15-10-7(12)4-3-5-9(10)14-11(15)8(13)6-16/h3-5,8,16H,2,6,13H2,1H3. The van der Waals surface area contributed by atoms with Gasteiger partial charge >= 0.3 is 0 Å². The van der Waals surface area contributed by atoms with Crippen molar-refractivity contribution in [2.24, 2.45) is 5.73 Å². The molecule has 0 amide bonds. The normalized spacial score (nSPS) is 13.2. The minimum atomic E-state index is -0.469. The molecule has 0 saturated heterocycles. The topological polar surface area (TPSA) is 64.1 Å². The Kier molecular flexibility index (Phi) is 3.14. The molecule has 0 aliphatic heterocycles. The van der Waals surface area contributed by atoms with Crippen LogP contribution in [0, 0.1) is 0 Å². The molecule has 1 unspecified atom stereocenters. The molecule has 2 aromatic rings. The maximum Gasteiger partial charge on any atom is 0.129 e. The van der Waals surface area contributed by atoms with Crippen molar-refractivity contribution in [1.29, 1.82) is 0 Å². The predicted octanol–water partition coefficient (Wildman–Crippen LogP) is 1.70. The number of nitrogens with two attached hydrogens (primary N) is 1. The summed E-state index contributed by atoms with van der Waals surface area (Å²) >= 11 is 6.14. The Morgan fingerprint density at radius 3 is 2.94 bits per heavy atom. The van der Waals surface area contributed by atoms with Crippen molar-refractivity contribution in [3.63, 3.8) is 0 Å². The Labute approximate surface area is 98.6 Å². The minimum Gasteiger partial charge on any atom is -0.394 e. The maximum atomic E-state index is 9.09. The summed E-state index contributed by atoms with van der Waals surface area (Å²) < 4.78 is 1.94. The minimum absolute atomic E-state index is 0.124. The van der Waals surface area contributed by atoms with Gasteiger partial charge in [0.15, 0.2) is 0 Å². The molecule has 1 aromatic carbocycles. The molecular formula is C11H14ClN3O. The molecule has 0 aliphatic carbocycles. The Morgan fingerprint density at radius 2 is 2.31 bits per heavy atom. The van der Waals surface area contributed by atoms with E-state index in [-0.39, 0.29) is 6.61 Å². The van der Waals surface area contributed by atoms with Crippen LogP contribution in [0.1, 0.15) is 18.8 Å². The van der Waals surface area contributed by atoms with Gasteiger partial charge in [-0.1, -0.05) is 17.7 Å². The summed E-state index contributed by atoms with van der Waals surface area (Å²) in [5, 5.41) is 9.75. The van der Waals surface area contributed by atoms with E-state index in [0.717, 1.165) is 17.6 Å². The van der Waals surface area contributed by atoms with E-state index in [1.54, 1.807) is 0 Å². The zero-order chi connectivity index (χ0) is 11.7. The molecule has 1 heterocycles. The molecule has 0 spiro atoms. The number of aliphatic hydroxyl groups is 1. The van der Waals surface area contributed by atoms with Gasteiger partial charge in [0.2, 0.25) is 0 Å². The molecule has 16 heavy (non-hydrogen) atoms. The number of para-hydroxylation sites is 1. The first kappa shape index (κ1) is 11.4. The third-order valence-electron chi connectivity index (χ3n) is 2.59. The number of benzene rings is 1. The highest BCUT2D eigenvalue weighted by Crippen LogP contribution is 2.26. The molecule has 5 heteroatoms. The van der Waals surface area contributed by atoms with E-state index >= 15 is 0 Å². The fraction of sp³-hybridized carbons (Fsp3) is 0.364. The first-order chi connectivity index (χ1) is 7.69. The van der Waals surface area contributed by atoms with E-state index in [4.69, 9.17) is 22.4 Å². The number of imidazole rings is 1. The Balaban J connectivity index is 2.72. The van der Waals surface area contributed by atoms with Crippen LogP contribution >= 0.6 is 11.6 Å². The second-order valence-corrected chi connectivity index (χ2v) is 4.02. The molecule has 1 atom stereocenters. The number of halogens is 1. The van der Waals surface area contributed by atoms with Gasteiger partial charge < -0.3 is 15.4 Å². The number of nitrogens with zero attached hydrogens (tertiary/aromatic N) is 2. The van der Waals surface area contributed by atoms with Crippen molar-refractivity contribution in [1.82, 2.24) is 9.55 Å². The van der Waals surface area contributed by atoms with Crippen molar-refractivity contribution in [2.75, 3.05) is 6.61 Å². The summed E-state index contributed by atoms with van der Waals surface area (Å²) in [6.07, 6.45) is 0. The molecule has 0 aliphatic rings. The molecule has 4 nitrogen and oxygen atoms in total. The summed E-state index contributed by atoms with van der Waals surface area (Å²) in [6.45, 7) is 2.60. The first-order valence-corrected chi connectivity index (χ1v) is 5.58. The number of hydrogen-bond acceptors (Lipinski definition) is 3. The van der Waals surface area contributed by atoms with Gasteiger partial charge in [0.05, 0.1) is 28.7 Å². The van der Waals surface area contributed by atoms with E-state index in [9.17, 15) is 0 Å². The highest BCUT2D eigenvalue weighted by atomic mass is 35.5. The fourth-order valence-corrected chi connectivity index (χ4v) is 2.12. The Hall–Kier alpha value is -1.10. The number of aromatic nitrogens is 2. The lowest BCUT2D eigenvalue weighted by Gasteiger charge is -2.10.